The number of carbonyl (C=O) groups is 3. The smallest absolute Gasteiger partial charge is 0.309 e. The normalized spacial score (nSPS) is 21.2. The van der Waals surface area contributed by atoms with Gasteiger partial charge in [-0.05, 0) is 57.4 Å². The molecule has 3 fully saturated rings. The number of nitrogen functional groups attached to an aromatic ring is 1. The number of nitrogens with zero attached hydrogens (tertiary/aromatic N) is 3. The number of hydrogen-bond acceptors (Lipinski definition) is 8. The van der Waals surface area contributed by atoms with E-state index in [4.69, 9.17) is 20.6 Å². The van der Waals surface area contributed by atoms with Gasteiger partial charge < -0.3 is 25.4 Å². The zero-order chi connectivity index (χ0) is 30.3. The number of ether oxygens (including phenoxy) is 2. The van der Waals surface area contributed by atoms with Gasteiger partial charge in [-0.15, -0.1) is 0 Å². The SMILES string of the molecule is N=C(N)c1ccc(-c2cc(C(=O)N[C@H]3CC[C@H](C(=O)OC4CCCCC4)CC3)c(=O)n(CC(=O)N3CCOCC3)n2)cc1. The van der Waals surface area contributed by atoms with Gasteiger partial charge in [-0.25, -0.2) is 4.68 Å². The van der Waals surface area contributed by atoms with Crippen LogP contribution in [0.5, 0.6) is 0 Å². The molecule has 5 rings (SSSR count). The van der Waals surface area contributed by atoms with Crippen LogP contribution in [-0.2, 0) is 25.6 Å². The molecule has 1 aliphatic heterocycles. The molecule has 43 heavy (non-hydrogen) atoms. The minimum Gasteiger partial charge on any atom is -0.462 e. The molecule has 0 atom stereocenters. The summed E-state index contributed by atoms with van der Waals surface area (Å²) >= 11 is 0. The third kappa shape index (κ3) is 7.67. The van der Waals surface area contributed by atoms with Crippen LogP contribution >= 0.6 is 0 Å². The Hall–Kier alpha value is -4.06. The first-order valence-electron chi connectivity index (χ1n) is 15.2. The lowest BCUT2D eigenvalue weighted by Gasteiger charge is -2.30. The standard InChI is InChI=1S/C31H40N6O6/c32-28(33)21-8-6-20(7-9-21)26-18-25(30(40)37(35-26)19-27(38)36-14-16-42-17-15-36)29(39)34-23-12-10-22(11-13-23)31(41)43-24-4-2-1-3-5-24/h6-9,18,22-24H,1-5,10-17,19H2,(H3,32,33)(H,34,39)/t22-,23-. The number of morpholine rings is 1. The van der Waals surface area contributed by atoms with E-state index in [1.807, 2.05) is 0 Å². The first-order valence-corrected chi connectivity index (χ1v) is 15.2. The van der Waals surface area contributed by atoms with Gasteiger partial charge >= 0.3 is 5.97 Å². The van der Waals surface area contributed by atoms with Gasteiger partial charge in [0, 0.05) is 30.3 Å². The summed E-state index contributed by atoms with van der Waals surface area (Å²) in [6.45, 7) is 1.37. The van der Waals surface area contributed by atoms with Crippen molar-refractivity contribution in [3.05, 3.63) is 51.8 Å². The summed E-state index contributed by atoms with van der Waals surface area (Å²) in [6, 6.07) is 7.96. The molecule has 1 aromatic carbocycles. The van der Waals surface area contributed by atoms with E-state index >= 15 is 0 Å². The molecule has 1 saturated heterocycles. The number of carbonyl (C=O) groups excluding carboxylic acids is 3. The van der Waals surface area contributed by atoms with E-state index < -0.39 is 11.5 Å². The van der Waals surface area contributed by atoms with Crippen LogP contribution in [0.3, 0.4) is 0 Å². The lowest BCUT2D eigenvalue weighted by Crippen LogP contribution is -2.45. The second-order valence-electron chi connectivity index (χ2n) is 11.6. The zero-order valence-corrected chi connectivity index (χ0v) is 24.4. The topological polar surface area (TPSA) is 170 Å². The van der Waals surface area contributed by atoms with E-state index in [2.05, 4.69) is 10.4 Å². The van der Waals surface area contributed by atoms with Crippen LogP contribution in [0, 0.1) is 11.3 Å². The molecular weight excluding hydrogens is 552 g/mol. The third-order valence-corrected chi connectivity index (χ3v) is 8.59. The molecule has 4 N–H and O–H groups in total. The van der Waals surface area contributed by atoms with Crippen molar-refractivity contribution in [2.24, 2.45) is 11.7 Å². The molecule has 0 spiro atoms. The highest BCUT2D eigenvalue weighted by Gasteiger charge is 2.31. The second-order valence-corrected chi connectivity index (χ2v) is 11.6. The fraction of sp³-hybridized carbons (Fsp3) is 0.548. The Labute approximate surface area is 250 Å². The molecule has 1 aromatic heterocycles. The highest BCUT2D eigenvalue weighted by atomic mass is 16.5. The lowest BCUT2D eigenvalue weighted by molar-refractivity contribution is -0.156. The molecule has 12 heteroatoms. The van der Waals surface area contributed by atoms with E-state index in [1.165, 1.54) is 12.5 Å². The minimum atomic E-state index is -0.659. The van der Waals surface area contributed by atoms with Crippen molar-refractivity contribution >= 4 is 23.6 Å². The summed E-state index contributed by atoms with van der Waals surface area (Å²) in [7, 11) is 0. The highest BCUT2D eigenvalue weighted by molar-refractivity contribution is 5.96. The molecule has 2 amide bonds. The van der Waals surface area contributed by atoms with Gasteiger partial charge in [0.2, 0.25) is 5.91 Å². The summed E-state index contributed by atoms with van der Waals surface area (Å²) in [5, 5.41) is 15.0. The van der Waals surface area contributed by atoms with Crippen LogP contribution in [0.15, 0.2) is 35.1 Å². The number of nitrogens with one attached hydrogen (secondary N) is 2. The van der Waals surface area contributed by atoms with Crippen LogP contribution < -0.4 is 16.6 Å². The molecule has 0 unspecified atom stereocenters. The molecule has 2 aliphatic carbocycles. The van der Waals surface area contributed by atoms with Crippen molar-refractivity contribution in [2.45, 2.75) is 76.5 Å². The third-order valence-electron chi connectivity index (χ3n) is 8.59. The summed E-state index contributed by atoms with van der Waals surface area (Å²) in [5.41, 5.74) is 6.27. The van der Waals surface area contributed by atoms with Crippen LogP contribution in [0.2, 0.25) is 0 Å². The average Bonchev–Trinajstić information content (AvgIpc) is 3.03. The van der Waals surface area contributed by atoms with E-state index in [0.717, 1.165) is 30.4 Å². The maximum Gasteiger partial charge on any atom is 0.309 e. The Balaban J connectivity index is 1.30. The fourth-order valence-corrected chi connectivity index (χ4v) is 5.99. The Kier molecular flexibility index (Phi) is 9.86. The predicted octanol–water partition coefficient (Wildman–Crippen LogP) is 2.22. The monoisotopic (exact) mass is 592 g/mol. The van der Waals surface area contributed by atoms with Gasteiger partial charge in [-0.2, -0.15) is 5.10 Å². The number of esters is 1. The highest BCUT2D eigenvalue weighted by Crippen LogP contribution is 2.28. The number of amidine groups is 1. The number of hydrogen-bond donors (Lipinski definition) is 3. The summed E-state index contributed by atoms with van der Waals surface area (Å²) < 4.78 is 12.1. The van der Waals surface area contributed by atoms with Gasteiger partial charge in [0.1, 0.15) is 24.0 Å². The molecule has 12 nitrogen and oxygen atoms in total. The molecule has 0 radical (unpaired) electrons. The maximum absolute atomic E-state index is 13.5. The molecule has 230 valence electrons. The largest absolute Gasteiger partial charge is 0.462 e. The van der Waals surface area contributed by atoms with Crippen molar-refractivity contribution in [1.82, 2.24) is 20.0 Å². The Bertz CT molecular complexity index is 1390. The first kappa shape index (κ1) is 30.4. The molecule has 2 aromatic rings. The van der Waals surface area contributed by atoms with E-state index in [-0.39, 0.29) is 47.9 Å². The van der Waals surface area contributed by atoms with Gasteiger partial charge in [0.25, 0.3) is 11.5 Å². The van der Waals surface area contributed by atoms with Gasteiger partial charge in [-0.3, -0.25) is 24.6 Å². The Morgan fingerprint density at radius 1 is 1.00 bits per heavy atom. The zero-order valence-electron chi connectivity index (χ0n) is 24.4. The van der Waals surface area contributed by atoms with Crippen molar-refractivity contribution in [3.8, 4) is 11.3 Å². The van der Waals surface area contributed by atoms with Gasteiger partial charge in [0.05, 0.1) is 24.8 Å². The quantitative estimate of drug-likeness (QED) is 0.238. The van der Waals surface area contributed by atoms with Crippen molar-refractivity contribution < 1.29 is 23.9 Å². The number of nitrogens with two attached hydrogens (primary N) is 1. The van der Waals surface area contributed by atoms with Crippen LogP contribution in [0.25, 0.3) is 11.3 Å². The number of benzene rings is 1. The second kappa shape index (κ2) is 13.9. The predicted molar refractivity (Wildman–Crippen MR) is 159 cm³/mol. The molecule has 2 saturated carbocycles. The van der Waals surface area contributed by atoms with Crippen LogP contribution in [-0.4, -0.2) is 76.7 Å². The van der Waals surface area contributed by atoms with Gasteiger partial charge in [0.15, 0.2) is 0 Å². The molecule has 3 aliphatic rings. The van der Waals surface area contributed by atoms with Crippen LogP contribution in [0.4, 0.5) is 0 Å². The van der Waals surface area contributed by atoms with Crippen molar-refractivity contribution in [1.29, 1.82) is 5.41 Å². The fourth-order valence-electron chi connectivity index (χ4n) is 5.99. The Morgan fingerprint density at radius 3 is 2.33 bits per heavy atom. The summed E-state index contributed by atoms with van der Waals surface area (Å²) in [4.78, 5) is 54.3. The Morgan fingerprint density at radius 2 is 1.67 bits per heavy atom. The van der Waals surface area contributed by atoms with E-state index in [0.29, 0.717) is 68.8 Å². The molecule has 2 heterocycles. The number of rotatable bonds is 8. The summed E-state index contributed by atoms with van der Waals surface area (Å²) in [5.74, 6) is -1.23. The van der Waals surface area contributed by atoms with Crippen molar-refractivity contribution in [3.63, 3.8) is 0 Å². The lowest BCUT2D eigenvalue weighted by atomic mass is 9.86. The number of amides is 2. The summed E-state index contributed by atoms with van der Waals surface area (Å²) in [6.07, 6.45) is 7.70. The van der Waals surface area contributed by atoms with Crippen molar-refractivity contribution in [2.75, 3.05) is 26.3 Å². The van der Waals surface area contributed by atoms with Gasteiger partial charge in [-0.1, -0.05) is 30.7 Å². The van der Waals surface area contributed by atoms with Crippen LogP contribution in [0.1, 0.15) is 73.7 Å². The average molecular weight is 593 g/mol. The maximum atomic E-state index is 13.5. The minimum absolute atomic E-state index is 0.0236. The molecular formula is C31H40N6O6. The first-order chi connectivity index (χ1) is 20.8. The number of aromatic nitrogens is 2. The van der Waals surface area contributed by atoms with E-state index in [9.17, 15) is 19.2 Å². The molecule has 0 bridgehead atoms. The van der Waals surface area contributed by atoms with E-state index in [1.54, 1.807) is 29.2 Å².